The van der Waals surface area contributed by atoms with Crippen LogP contribution < -0.4 is 0 Å². The quantitative estimate of drug-likeness (QED) is 0.538. The molecule has 0 bridgehead atoms. The summed E-state index contributed by atoms with van der Waals surface area (Å²) < 4.78 is 51.9. The van der Waals surface area contributed by atoms with Gasteiger partial charge in [0, 0.05) is 0 Å². The number of hydrogen-bond donors (Lipinski definition) is 0. The summed E-state index contributed by atoms with van der Waals surface area (Å²) in [5.74, 6) is -1.75. The number of alkyl halides is 2. The number of halogens is 6. The van der Waals surface area contributed by atoms with Crippen molar-refractivity contribution in [3.63, 3.8) is 0 Å². The van der Waals surface area contributed by atoms with Gasteiger partial charge in [0.1, 0.15) is 17.0 Å². The van der Waals surface area contributed by atoms with Crippen molar-refractivity contribution in [2.24, 2.45) is 0 Å². The average Bonchev–Trinajstić information content (AvgIpc) is 2.25. The van der Waals surface area contributed by atoms with E-state index in [9.17, 15) is 17.6 Å². The maximum Gasteiger partial charge on any atom is 0.280 e. The number of hydrogen-bond acceptors (Lipinski definition) is 1. The molecule has 0 unspecified atom stereocenters. The first-order chi connectivity index (χ1) is 7.91. The van der Waals surface area contributed by atoms with Crippen LogP contribution in [0.25, 0.3) is 10.9 Å². The third kappa shape index (κ3) is 2.11. The smallest absolute Gasteiger partial charge is 0.244 e. The van der Waals surface area contributed by atoms with E-state index < -0.39 is 29.3 Å². The minimum Gasteiger partial charge on any atom is -0.244 e. The Hall–Kier alpha value is -0.880. The van der Waals surface area contributed by atoms with E-state index in [0.717, 1.165) is 12.1 Å². The number of pyridine rings is 1. The third-order valence-electron chi connectivity index (χ3n) is 2.12. The van der Waals surface area contributed by atoms with Gasteiger partial charge in [0.2, 0.25) is 0 Å². The molecule has 1 heterocycles. The van der Waals surface area contributed by atoms with Crippen LogP contribution >= 0.6 is 27.5 Å². The zero-order valence-corrected chi connectivity index (χ0v) is 10.3. The van der Waals surface area contributed by atoms with Crippen molar-refractivity contribution in [1.82, 2.24) is 4.98 Å². The van der Waals surface area contributed by atoms with E-state index in [1.54, 1.807) is 0 Å². The molecule has 0 atom stereocenters. The summed E-state index contributed by atoms with van der Waals surface area (Å²) in [5, 5.41) is -0.619. The van der Waals surface area contributed by atoms with E-state index in [4.69, 9.17) is 11.6 Å². The summed E-state index contributed by atoms with van der Waals surface area (Å²) >= 11 is 8.45. The summed E-state index contributed by atoms with van der Waals surface area (Å²) in [5.41, 5.74) is -1.20. The number of benzene rings is 1. The highest BCUT2D eigenvalue weighted by molar-refractivity contribution is 9.10. The predicted octanol–water partition coefficient (Wildman–Crippen LogP) is 4.87. The average molecular weight is 328 g/mol. The molecule has 0 saturated heterocycles. The fourth-order valence-electron chi connectivity index (χ4n) is 1.39. The minimum atomic E-state index is -2.90. The second-order valence-electron chi connectivity index (χ2n) is 3.21. The van der Waals surface area contributed by atoms with Crippen LogP contribution in [0.1, 0.15) is 12.1 Å². The minimum absolute atomic E-state index is 0.143. The van der Waals surface area contributed by atoms with Crippen molar-refractivity contribution >= 4 is 38.4 Å². The summed E-state index contributed by atoms with van der Waals surface area (Å²) in [6, 6.07) is 1.64. The Balaban J connectivity index is 2.90. The van der Waals surface area contributed by atoms with Crippen molar-refractivity contribution in [1.29, 1.82) is 0 Å². The molecular weight excluding hydrogens is 325 g/mol. The second-order valence-corrected chi connectivity index (χ2v) is 4.47. The van der Waals surface area contributed by atoms with E-state index in [-0.39, 0.29) is 14.9 Å². The maximum absolute atomic E-state index is 13.6. The molecule has 0 spiro atoms. The molecule has 90 valence electrons. The molecule has 17 heavy (non-hydrogen) atoms. The topological polar surface area (TPSA) is 12.9 Å². The zero-order valence-electron chi connectivity index (χ0n) is 7.95. The SMILES string of the molecule is Fc1cc(Br)c(F)c2c(Cl)cc(C(F)F)nc12. The van der Waals surface area contributed by atoms with E-state index in [2.05, 4.69) is 20.9 Å². The van der Waals surface area contributed by atoms with Gasteiger partial charge in [0.25, 0.3) is 6.43 Å². The molecule has 0 amide bonds. The van der Waals surface area contributed by atoms with Gasteiger partial charge in [-0.3, -0.25) is 0 Å². The van der Waals surface area contributed by atoms with Gasteiger partial charge < -0.3 is 0 Å². The highest BCUT2D eigenvalue weighted by Gasteiger charge is 2.19. The van der Waals surface area contributed by atoms with Gasteiger partial charge >= 0.3 is 0 Å². The molecule has 0 fully saturated rings. The van der Waals surface area contributed by atoms with Crippen molar-refractivity contribution in [2.45, 2.75) is 6.43 Å². The van der Waals surface area contributed by atoms with Gasteiger partial charge in [-0.1, -0.05) is 11.6 Å². The van der Waals surface area contributed by atoms with Gasteiger partial charge in [-0.05, 0) is 28.1 Å². The molecule has 7 heteroatoms. The number of nitrogens with zero attached hydrogens (tertiary/aromatic N) is 1. The lowest BCUT2D eigenvalue weighted by Gasteiger charge is -2.07. The molecule has 1 nitrogen and oxygen atoms in total. The fourth-order valence-corrected chi connectivity index (χ4v) is 2.07. The van der Waals surface area contributed by atoms with Crippen molar-refractivity contribution in [3.05, 3.63) is 39.0 Å². The molecule has 2 aromatic rings. The van der Waals surface area contributed by atoms with E-state index in [1.807, 2.05) is 0 Å². The lowest BCUT2D eigenvalue weighted by atomic mass is 10.2. The summed E-state index contributed by atoms with van der Waals surface area (Å²) in [4.78, 5) is 3.37. The summed E-state index contributed by atoms with van der Waals surface area (Å²) in [6.45, 7) is 0. The van der Waals surface area contributed by atoms with Gasteiger partial charge in [-0.25, -0.2) is 22.5 Å². The first kappa shape index (κ1) is 12.6. The van der Waals surface area contributed by atoms with Crippen LogP contribution in [0.3, 0.4) is 0 Å². The molecular formula is C10H3BrClF4N. The monoisotopic (exact) mass is 327 g/mol. The molecule has 1 aromatic carbocycles. The van der Waals surface area contributed by atoms with Crippen LogP contribution in [0.15, 0.2) is 16.6 Å². The summed E-state index contributed by atoms with van der Waals surface area (Å²) in [7, 11) is 0. The Morgan fingerprint density at radius 3 is 2.47 bits per heavy atom. The molecule has 0 N–H and O–H groups in total. The van der Waals surface area contributed by atoms with Crippen LogP contribution in [-0.2, 0) is 0 Å². The molecule has 0 aliphatic rings. The van der Waals surface area contributed by atoms with Gasteiger partial charge in [0.15, 0.2) is 5.82 Å². The number of aromatic nitrogens is 1. The van der Waals surface area contributed by atoms with Gasteiger partial charge in [0.05, 0.1) is 14.9 Å². The first-order valence-electron chi connectivity index (χ1n) is 4.33. The zero-order chi connectivity index (χ0) is 12.7. The lowest BCUT2D eigenvalue weighted by Crippen LogP contribution is -1.96. The molecule has 1 aromatic heterocycles. The van der Waals surface area contributed by atoms with Crippen molar-refractivity contribution in [2.75, 3.05) is 0 Å². The van der Waals surface area contributed by atoms with Crippen LogP contribution in [-0.4, -0.2) is 4.98 Å². The second kappa shape index (κ2) is 4.42. The fraction of sp³-hybridized carbons (Fsp3) is 0.100. The Morgan fingerprint density at radius 1 is 1.24 bits per heavy atom. The highest BCUT2D eigenvalue weighted by atomic mass is 79.9. The number of rotatable bonds is 1. The van der Waals surface area contributed by atoms with E-state index >= 15 is 0 Å². The Kier molecular flexibility index (Phi) is 3.27. The third-order valence-corrected chi connectivity index (χ3v) is 3.00. The van der Waals surface area contributed by atoms with Crippen molar-refractivity contribution in [3.8, 4) is 0 Å². The van der Waals surface area contributed by atoms with Gasteiger partial charge in [-0.2, -0.15) is 0 Å². The highest BCUT2D eigenvalue weighted by Crippen LogP contribution is 2.33. The van der Waals surface area contributed by atoms with E-state index in [0.29, 0.717) is 0 Å². The Bertz CT molecular complexity index is 603. The lowest BCUT2D eigenvalue weighted by molar-refractivity contribution is 0.146. The molecule has 0 aliphatic carbocycles. The number of fused-ring (bicyclic) bond motifs is 1. The van der Waals surface area contributed by atoms with Crippen LogP contribution in [0.4, 0.5) is 17.6 Å². The molecule has 2 rings (SSSR count). The Morgan fingerprint density at radius 2 is 1.88 bits per heavy atom. The molecule has 0 saturated carbocycles. The summed E-state index contributed by atoms with van der Waals surface area (Å²) in [6.07, 6.45) is -2.90. The van der Waals surface area contributed by atoms with Crippen molar-refractivity contribution < 1.29 is 17.6 Å². The van der Waals surface area contributed by atoms with Crippen LogP contribution in [0.2, 0.25) is 5.02 Å². The van der Waals surface area contributed by atoms with Gasteiger partial charge in [-0.15, -0.1) is 0 Å². The normalized spacial score (nSPS) is 11.5. The molecule has 0 radical (unpaired) electrons. The first-order valence-corrected chi connectivity index (χ1v) is 5.50. The largest absolute Gasteiger partial charge is 0.280 e. The Labute approximate surface area is 107 Å². The maximum atomic E-state index is 13.6. The standard InChI is InChI=1S/C10H3BrClF4N/c11-3-1-5(13)9-7(8(3)14)4(12)2-6(17-9)10(15)16/h1-2,10H. The van der Waals surface area contributed by atoms with E-state index in [1.165, 1.54) is 0 Å². The van der Waals surface area contributed by atoms with Crippen LogP contribution in [0.5, 0.6) is 0 Å². The molecule has 0 aliphatic heterocycles. The van der Waals surface area contributed by atoms with Crippen LogP contribution in [0, 0.1) is 11.6 Å². The predicted molar refractivity (Wildman–Crippen MR) is 59.3 cm³/mol.